The number of methoxy groups -OCH3 is 1. The molecule has 29 heavy (non-hydrogen) atoms. The van der Waals surface area contributed by atoms with Crippen LogP contribution in [0.5, 0.6) is 0 Å². The van der Waals surface area contributed by atoms with Gasteiger partial charge in [-0.1, -0.05) is 29.8 Å². The zero-order valence-electron chi connectivity index (χ0n) is 16.7. The van der Waals surface area contributed by atoms with Crippen LogP contribution in [0, 0.1) is 20.8 Å². The van der Waals surface area contributed by atoms with Gasteiger partial charge in [0.15, 0.2) is 11.5 Å². The van der Waals surface area contributed by atoms with Gasteiger partial charge in [0, 0.05) is 5.69 Å². The number of amides is 1. The van der Waals surface area contributed by atoms with Crippen molar-refractivity contribution in [1.29, 1.82) is 0 Å². The quantitative estimate of drug-likeness (QED) is 0.635. The minimum absolute atomic E-state index is 0.132. The fourth-order valence-electron chi connectivity index (χ4n) is 3.09. The molecule has 0 radical (unpaired) electrons. The third-order valence-electron chi connectivity index (χ3n) is 4.41. The van der Waals surface area contributed by atoms with E-state index >= 15 is 0 Å². The number of hydrogen-bond acceptors (Lipinski definition) is 6. The summed E-state index contributed by atoms with van der Waals surface area (Å²) in [7, 11) is 1.29. The molecule has 1 aromatic heterocycles. The molecule has 7 heteroatoms. The number of para-hydroxylation sites is 1. The van der Waals surface area contributed by atoms with E-state index in [4.69, 9.17) is 4.74 Å². The number of anilines is 3. The second-order valence-electron chi connectivity index (χ2n) is 6.69. The molecule has 0 spiro atoms. The molecule has 2 N–H and O–H groups in total. The number of aromatic nitrogens is 2. The summed E-state index contributed by atoms with van der Waals surface area (Å²) in [5.74, 6) is -0.468. The van der Waals surface area contributed by atoms with Crippen LogP contribution in [0.3, 0.4) is 0 Å². The lowest BCUT2D eigenvalue weighted by atomic mass is 10.1. The minimum Gasteiger partial charge on any atom is -0.465 e. The lowest BCUT2D eigenvalue weighted by Crippen LogP contribution is -2.17. The predicted molar refractivity (Wildman–Crippen MR) is 112 cm³/mol. The normalized spacial score (nSPS) is 10.3. The van der Waals surface area contributed by atoms with E-state index in [-0.39, 0.29) is 11.3 Å². The van der Waals surface area contributed by atoms with Crippen LogP contribution in [0.25, 0.3) is 0 Å². The molecule has 0 bridgehead atoms. The van der Waals surface area contributed by atoms with Crippen LogP contribution < -0.4 is 10.6 Å². The maximum absolute atomic E-state index is 12.5. The number of rotatable bonds is 5. The molecular weight excluding hydrogens is 368 g/mol. The van der Waals surface area contributed by atoms with Crippen LogP contribution in [0.1, 0.15) is 37.5 Å². The molecule has 1 heterocycles. The Labute approximate surface area is 169 Å². The number of benzene rings is 2. The Hall–Kier alpha value is -3.74. The van der Waals surface area contributed by atoms with Crippen molar-refractivity contribution >= 4 is 29.1 Å². The van der Waals surface area contributed by atoms with Crippen molar-refractivity contribution in [1.82, 2.24) is 10.2 Å². The molecule has 148 valence electrons. The fraction of sp³-hybridized carbons (Fsp3) is 0.182. The first-order valence-corrected chi connectivity index (χ1v) is 9.06. The van der Waals surface area contributed by atoms with Gasteiger partial charge < -0.3 is 15.4 Å². The van der Waals surface area contributed by atoms with E-state index in [9.17, 15) is 9.59 Å². The van der Waals surface area contributed by atoms with Crippen molar-refractivity contribution in [2.45, 2.75) is 20.8 Å². The van der Waals surface area contributed by atoms with Crippen LogP contribution in [0.4, 0.5) is 17.2 Å². The minimum atomic E-state index is -0.532. The van der Waals surface area contributed by atoms with Crippen LogP contribution in [-0.2, 0) is 4.74 Å². The summed E-state index contributed by atoms with van der Waals surface area (Å²) < 4.78 is 4.74. The molecular formula is C22H22N4O3. The molecule has 0 saturated heterocycles. The van der Waals surface area contributed by atoms with Crippen LogP contribution >= 0.6 is 0 Å². The Morgan fingerprint density at radius 3 is 2.24 bits per heavy atom. The number of ether oxygens (including phenoxy) is 1. The standard InChI is InChI=1S/C22H22N4O3/c1-13-11-14(2)20(15(3)12-13)24-19-10-9-18(25-26-19)21(27)23-17-8-6-5-7-16(17)22(28)29-4/h5-12H,1-4H3,(H,23,27)(H,24,26). The largest absolute Gasteiger partial charge is 0.465 e. The van der Waals surface area contributed by atoms with E-state index in [1.54, 1.807) is 36.4 Å². The van der Waals surface area contributed by atoms with Crippen molar-refractivity contribution in [3.63, 3.8) is 0 Å². The highest BCUT2D eigenvalue weighted by atomic mass is 16.5. The van der Waals surface area contributed by atoms with E-state index < -0.39 is 11.9 Å². The number of aryl methyl sites for hydroxylation is 3. The van der Waals surface area contributed by atoms with Gasteiger partial charge in [0.2, 0.25) is 0 Å². The molecule has 0 saturated carbocycles. The average molecular weight is 390 g/mol. The third-order valence-corrected chi connectivity index (χ3v) is 4.41. The van der Waals surface area contributed by atoms with Gasteiger partial charge in [-0.2, -0.15) is 0 Å². The Morgan fingerprint density at radius 2 is 1.62 bits per heavy atom. The first-order chi connectivity index (χ1) is 13.9. The number of esters is 1. The predicted octanol–water partition coefficient (Wildman–Crippen LogP) is 4.18. The first kappa shape index (κ1) is 20.0. The van der Waals surface area contributed by atoms with E-state index in [2.05, 4.69) is 39.9 Å². The zero-order chi connectivity index (χ0) is 21.0. The Balaban J connectivity index is 1.76. The highest BCUT2D eigenvalue weighted by Gasteiger charge is 2.15. The van der Waals surface area contributed by atoms with Gasteiger partial charge in [-0.05, 0) is 56.2 Å². The molecule has 0 atom stereocenters. The summed E-state index contributed by atoms with van der Waals surface area (Å²) in [6, 6.07) is 14.0. The number of nitrogens with zero attached hydrogens (tertiary/aromatic N) is 2. The van der Waals surface area contributed by atoms with Crippen molar-refractivity contribution in [3.8, 4) is 0 Å². The molecule has 0 fully saturated rings. The number of carbonyl (C=O) groups excluding carboxylic acids is 2. The first-order valence-electron chi connectivity index (χ1n) is 9.06. The van der Waals surface area contributed by atoms with Gasteiger partial charge in [-0.3, -0.25) is 4.79 Å². The van der Waals surface area contributed by atoms with E-state index in [1.807, 2.05) is 13.8 Å². The third kappa shape index (κ3) is 4.57. The van der Waals surface area contributed by atoms with Crippen molar-refractivity contribution in [2.24, 2.45) is 0 Å². The highest BCUT2D eigenvalue weighted by Crippen LogP contribution is 2.25. The molecule has 7 nitrogen and oxygen atoms in total. The monoisotopic (exact) mass is 390 g/mol. The molecule has 1 amide bonds. The zero-order valence-corrected chi connectivity index (χ0v) is 16.7. The van der Waals surface area contributed by atoms with E-state index in [0.717, 1.165) is 16.8 Å². The summed E-state index contributed by atoms with van der Waals surface area (Å²) in [5.41, 5.74) is 5.10. The molecule has 0 aliphatic carbocycles. The summed E-state index contributed by atoms with van der Waals surface area (Å²) >= 11 is 0. The van der Waals surface area contributed by atoms with Gasteiger partial charge in [0.25, 0.3) is 5.91 Å². The summed E-state index contributed by atoms with van der Waals surface area (Å²) in [6.07, 6.45) is 0. The molecule has 0 aliphatic heterocycles. The molecule has 0 unspecified atom stereocenters. The number of nitrogens with one attached hydrogen (secondary N) is 2. The summed E-state index contributed by atoms with van der Waals surface area (Å²) in [4.78, 5) is 24.3. The Kier molecular flexibility index (Phi) is 5.87. The maximum atomic E-state index is 12.5. The molecule has 3 aromatic rings. The second-order valence-corrected chi connectivity index (χ2v) is 6.69. The second kappa shape index (κ2) is 8.52. The lowest BCUT2D eigenvalue weighted by molar-refractivity contribution is 0.0602. The van der Waals surface area contributed by atoms with E-state index in [0.29, 0.717) is 11.5 Å². The van der Waals surface area contributed by atoms with Crippen LogP contribution in [0.15, 0.2) is 48.5 Å². The van der Waals surface area contributed by atoms with Crippen LogP contribution in [0.2, 0.25) is 0 Å². The van der Waals surface area contributed by atoms with Crippen LogP contribution in [-0.4, -0.2) is 29.2 Å². The van der Waals surface area contributed by atoms with Gasteiger partial charge in [0.05, 0.1) is 18.4 Å². The Morgan fingerprint density at radius 1 is 0.931 bits per heavy atom. The molecule has 3 rings (SSSR count). The average Bonchev–Trinajstić information content (AvgIpc) is 2.71. The Bertz CT molecular complexity index is 1040. The highest BCUT2D eigenvalue weighted by molar-refractivity contribution is 6.07. The van der Waals surface area contributed by atoms with Gasteiger partial charge >= 0.3 is 5.97 Å². The van der Waals surface area contributed by atoms with Crippen molar-refractivity contribution in [3.05, 3.63) is 76.5 Å². The topological polar surface area (TPSA) is 93.2 Å². The van der Waals surface area contributed by atoms with Crippen molar-refractivity contribution in [2.75, 3.05) is 17.7 Å². The van der Waals surface area contributed by atoms with E-state index in [1.165, 1.54) is 12.7 Å². The molecule has 2 aromatic carbocycles. The number of carbonyl (C=O) groups is 2. The van der Waals surface area contributed by atoms with Gasteiger partial charge in [0.1, 0.15) is 0 Å². The maximum Gasteiger partial charge on any atom is 0.339 e. The van der Waals surface area contributed by atoms with Gasteiger partial charge in [-0.15, -0.1) is 10.2 Å². The lowest BCUT2D eigenvalue weighted by Gasteiger charge is -2.13. The van der Waals surface area contributed by atoms with Gasteiger partial charge in [-0.25, -0.2) is 4.79 Å². The number of hydrogen-bond donors (Lipinski definition) is 2. The fourth-order valence-corrected chi connectivity index (χ4v) is 3.09. The summed E-state index contributed by atoms with van der Waals surface area (Å²) in [5, 5.41) is 14.0. The smallest absolute Gasteiger partial charge is 0.339 e. The summed E-state index contributed by atoms with van der Waals surface area (Å²) in [6.45, 7) is 6.10. The van der Waals surface area contributed by atoms with Crippen molar-refractivity contribution < 1.29 is 14.3 Å². The SMILES string of the molecule is COC(=O)c1ccccc1NC(=O)c1ccc(Nc2c(C)cc(C)cc2C)nn1. The molecule has 0 aliphatic rings.